The lowest BCUT2D eigenvalue weighted by Crippen LogP contribution is -2.56. The lowest BCUT2D eigenvalue weighted by atomic mass is 9.81. The van der Waals surface area contributed by atoms with E-state index in [0.717, 1.165) is 6.20 Å². The zero-order valence-corrected chi connectivity index (χ0v) is 20.0. The Hall–Kier alpha value is -3.42. The fraction of sp³-hybridized carbons (Fsp3) is 0.458. The number of aromatic nitrogens is 1. The normalized spacial score (nSPS) is 29.5. The molecule has 1 unspecified atom stereocenters. The molecule has 2 bridgehead atoms. The molecule has 198 valence electrons. The number of halogens is 3. The highest BCUT2D eigenvalue weighted by molar-refractivity contribution is 5.99. The Labute approximate surface area is 208 Å². The van der Waals surface area contributed by atoms with Crippen molar-refractivity contribution in [2.75, 3.05) is 6.54 Å². The Bertz CT molecular complexity index is 1360. The zero-order valence-electron chi connectivity index (χ0n) is 20.0. The highest BCUT2D eigenvalue weighted by atomic mass is 19.1. The van der Waals surface area contributed by atoms with Crippen molar-refractivity contribution in [3.8, 4) is 5.75 Å². The Balaban J connectivity index is 1.64. The van der Waals surface area contributed by atoms with Gasteiger partial charge in [0.05, 0.1) is 18.6 Å². The average Bonchev–Trinajstić information content (AvgIpc) is 2.98. The van der Waals surface area contributed by atoms with Crippen LogP contribution in [0.3, 0.4) is 0 Å². The maximum Gasteiger partial charge on any atom is 0.274 e. The standard InChI is InChI=1S/C24H25F3N4O6/c1-10-3-4-24(21(34)11(2)31(37-24)8-13-15(26)5-12(25)6-16(13)27)17-9-29(10)23(36)18-20(33)19(32)14(22(28)35)7-30(17)18/h5-7,10-11,17,21,33-34H,3-4,8-9H2,1-2H3,(H2,28,35)/t10-,11?,17+,21-,24+/m0/s1. The van der Waals surface area contributed by atoms with Gasteiger partial charge in [0.25, 0.3) is 11.8 Å². The van der Waals surface area contributed by atoms with Crippen molar-refractivity contribution in [2.45, 2.75) is 63.1 Å². The minimum absolute atomic E-state index is 0.00952. The average molecular weight is 522 g/mol. The number of nitrogens with two attached hydrogens (primary N) is 1. The van der Waals surface area contributed by atoms with E-state index in [1.54, 1.807) is 13.8 Å². The summed E-state index contributed by atoms with van der Waals surface area (Å²) in [6.07, 6.45) is 0.328. The third-order valence-electron chi connectivity index (χ3n) is 7.81. The van der Waals surface area contributed by atoms with Crippen molar-refractivity contribution in [2.24, 2.45) is 5.73 Å². The molecule has 37 heavy (non-hydrogen) atoms. The number of fused-ring (bicyclic) bond motifs is 5. The Morgan fingerprint density at radius 3 is 2.49 bits per heavy atom. The second-order valence-electron chi connectivity index (χ2n) is 9.86. The summed E-state index contributed by atoms with van der Waals surface area (Å²) in [6, 6.07) is -1.01. The molecule has 1 spiro atoms. The molecule has 2 aromatic rings. The summed E-state index contributed by atoms with van der Waals surface area (Å²) < 4.78 is 43.5. The first-order valence-electron chi connectivity index (χ1n) is 11.7. The van der Waals surface area contributed by atoms with Crippen LogP contribution in [-0.4, -0.2) is 66.9 Å². The van der Waals surface area contributed by atoms with Gasteiger partial charge in [-0.2, -0.15) is 5.06 Å². The van der Waals surface area contributed by atoms with E-state index >= 15 is 0 Å². The first-order chi connectivity index (χ1) is 17.4. The highest BCUT2D eigenvalue weighted by Gasteiger charge is 2.61. The summed E-state index contributed by atoms with van der Waals surface area (Å²) in [7, 11) is 0. The fourth-order valence-electron chi connectivity index (χ4n) is 5.70. The van der Waals surface area contributed by atoms with E-state index in [0.29, 0.717) is 18.6 Å². The van der Waals surface area contributed by atoms with Gasteiger partial charge < -0.3 is 25.4 Å². The molecule has 3 aliphatic rings. The molecular weight excluding hydrogens is 497 g/mol. The molecule has 2 fully saturated rings. The van der Waals surface area contributed by atoms with Crippen LogP contribution < -0.4 is 11.2 Å². The van der Waals surface area contributed by atoms with Crippen LogP contribution in [0.2, 0.25) is 0 Å². The molecule has 1 aromatic carbocycles. The van der Waals surface area contributed by atoms with Crippen LogP contribution in [0.5, 0.6) is 5.75 Å². The Kier molecular flexibility index (Phi) is 5.84. The molecule has 5 rings (SSSR count). The van der Waals surface area contributed by atoms with E-state index < -0.39 is 81.9 Å². The number of benzene rings is 1. The van der Waals surface area contributed by atoms with Crippen LogP contribution in [0.15, 0.2) is 23.1 Å². The van der Waals surface area contributed by atoms with Gasteiger partial charge in [-0.25, -0.2) is 13.2 Å². The van der Waals surface area contributed by atoms with Crippen LogP contribution in [0.4, 0.5) is 13.2 Å². The minimum atomic E-state index is -1.48. The monoisotopic (exact) mass is 522 g/mol. The van der Waals surface area contributed by atoms with Crippen LogP contribution in [0.25, 0.3) is 0 Å². The molecule has 0 saturated carbocycles. The number of hydrogen-bond donors (Lipinski definition) is 3. The number of amides is 2. The highest BCUT2D eigenvalue weighted by Crippen LogP contribution is 2.49. The van der Waals surface area contributed by atoms with Gasteiger partial charge in [-0.15, -0.1) is 0 Å². The summed E-state index contributed by atoms with van der Waals surface area (Å²) in [4.78, 5) is 45.5. The molecule has 0 aliphatic carbocycles. The number of aliphatic hydroxyl groups excluding tert-OH is 1. The summed E-state index contributed by atoms with van der Waals surface area (Å²) >= 11 is 0. The van der Waals surface area contributed by atoms with E-state index in [1.807, 2.05) is 0 Å². The van der Waals surface area contributed by atoms with Gasteiger partial charge >= 0.3 is 0 Å². The topological polar surface area (TPSA) is 138 Å². The SMILES string of the molecule is CC1[C@H](O)[C@]2(CC[C@H](C)N3C[C@H]2n2cc(C(N)=O)c(=O)c(O)c2C3=O)ON1Cc1c(F)cc(F)cc1F. The number of primary amides is 1. The molecule has 5 atom stereocenters. The van der Waals surface area contributed by atoms with Crippen molar-refractivity contribution in [1.82, 2.24) is 14.5 Å². The van der Waals surface area contributed by atoms with Gasteiger partial charge in [-0.3, -0.25) is 19.2 Å². The molecule has 4 heterocycles. The summed E-state index contributed by atoms with van der Waals surface area (Å²) in [5.41, 5.74) is 1.35. The second kappa shape index (κ2) is 8.57. The number of carbonyl (C=O) groups is 2. The first-order valence-corrected chi connectivity index (χ1v) is 11.7. The van der Waals surface area contributed by atoms with E-state index in [2.05, 4.69) is 0 Å². The van der Waals surface area contributed by atoms with E-state index in [-0.39, 0.29) is 24.7 Å². The van der Waals surface area contributed by atoms with Gasteiger partial charge in [-0.05, 0) is 26.7 Å². The molecule has 13 heteroatoms. The van der Waals surface area contributed by atoms with Crippen LogP contribution in [0, 0.1) is 17.5 Å². The maximum absolute atomic E-state index is 14.4. The number of hydrogen-bond acceptors (Lipinski definition) is 7. The number of rotatable bonds is 3. The van der Waals surface area contributed by atoms with Crippen LogP contribution in [-0.2, 0) is 11.4 Å². The summed E-state index contributed by atoms with van der Waals surface area (Å²) in [5.74, 6) is -6.03. The van der Waals surface area contributed by atoms with Crippen molar-refractivity contribution in [3.63, 3.8) is 0 Å². The van der Waals surface area contributed by atoms with Crippen LogP contribution in [0.1, 0.15) is 59.1 Å². The number of carbonyl (C=O) groups excluding carboxylic acids is 2. The number of aromatic hydroxyl groups is 1. The van der Waals surface area contributed by atoms with Crippen molar-refractivity contribution in [1.29, 1.82) is 0 Å². The maximum atomic E-state index is 14.4. The predicted molar refractivity (Wildman–Crippen MR) is 121 cm³/mol. The van der Waals surface area contributed by atoms with Gasteiger partial charge in [-0.1, -0.05) is 0 Å². The number of aliphatic hydroxyl groups is 1. The summed E-state index contributed by atoms with van der Waals surface area (Å²) in [5, 5.41) is 23.3. The van der Waals surface area contributed by atoms with Gasteiger partial charge in [0, 0.05) is 36.5 Å². The number of nitrogens with zero attached hydrogens (tertiary/aromatic N) is 3. The molecule has 0 radical (unpaired) electrons. The van der Waals surface area contributed by atoms with Crippen molar-refractivity contribution >= 4 is 11.8 Å². The number of hydroxylamine groups is 2. The van der Waals surface area contributed by atoms with Gasteiger partial charge in [0.1, 0.15) is 34.7 Å². The lowest BCUT2D eigenvalue weighted by molar-refractivity contribution is -0.232. The zero-order chi connectivity index (χ0) is 27.0. The van der Waals surface area contributed by atoms with Crippen LogP contribution >= 0.6 is 0 Å². The van der Waals surface area contributed by atoms with E-state index in [9.17, 15) is 37.8 Å². The number of pyridine rings is 1. The third-order valence-corrected chi connectivity index (χ3v) is 7.81. The van der Waals surface area contributed by atoms with E-state index in [4.69, 9.17) is 10.6 Å². The predicted octanol–water partition coefficient (Wildman–Crippen LogP) is 1.18. The molecular formula is C24H25F3N4O6. The largest absolute Gasteiger partial charge is 0.503 e. The van der Waals surface area contributed by atoms with Crippen molar-refractivity contribution in [3.05, 3.63) is 62.8 Å². The first kappa shape index (κ1) is 25.2. The molecule has 4 N–H and O–H groups in total. The third kappa shape index (κ3) is 3.63. The molecule has 3 aliphatic heterocycles. The molecule has 2 saturated heterocycles. The quantitative estimate of drug-likeness (QED) is 0.551. The lowest BCUT2D eigenvalue weighted by Gasteiger charge is -2.43. The molecule has 1 aromatic heterocycles. The van der Waals surface area contributed by atoms with Crippen molar-refractivity contribution < 1.29 is 37.8 Å². The fourth-order valence-corrected chi connectivity index (χ4v) is 5.70. The Morgan fingerprint density at radius 1 is 1.22 bits per heavy atom. The minimum Gasteiger partial charge on any atom is -0.503 e. The smallest absolute Gasteiger partial charge is 0.274 e. The summed E-state index contributed by atoms with van der Waals surface area (Å²) in [6.45, 7) is 2.88. The second-order valence-corrected chi connectivity index (χ2v) is 9.86. The Morgan fingerprint density at radius 2 is 1.86 bits per heavy atom. The van der Waals surface area contributed by atoms with E-state index in [1.165, 1.54) is 14.5 Å². The molecule has 2 amide bonds. The van der Waals surface area contributed by atoms with Gasteiger partial charge in [0.15, 0.2) is 11.4 Å². The van der Waals surface area contributed by atoms with Gasteiger partial charge in [0.2, 0.25) is 5.43 Å². The molecule has 10 nitrogen and oxygen atoms in total.